The molecule has 0 bridgehead atoms. The Kier molecular flexibility index (Phi) is 6.95. The van der Waals surface area contributed by atoms with Crippen LogP contribution < -0.4 is 16.0 Å². The second-order valence-corrected chi connectivity index (χ2v) is 5.31. The molecule has 3 N–H and O–H groups in total. The number of hydrazine groups is 1. The Morgan fingerprint density at radius 2 is 2.24 bits per heavy atom. The van der Waals surface area contributed by atoms with Crippen LogP contribution in [0.4, 0.5) is 0 Å². The SMILES string of the molecule is COCCOc1ccccc1C(CCC1CCCO1)NN. The molecule has 0 spiro atoms. The maximum Gasteiger partial charge on any atom is 0.124 e. The first-order valence-electron chi connectivity index (χ1n) is 7.63. The minimum Gasteiger partial charge on any atom is -0.491 e. The fraction of sp³-hybridized carbons (Fsp3) is 0.625. The fourth-order valence-electron chi connectivity index (χ4n) is 2.69. The molecule has 1 aromatic carbocycles. The van der Waals surface area contributed by atoms with Crippen molar-refractivity contribution in [3.63, 3.8) is 0 Å². The van der Waals surface area contributed by atoms with E-state index in [2.05, 4.69) is 11.5 Å². The third-order valence-electron chi connectivity index (χ3n) is 3.84. The highest BCUT2D eigenvalue weighted by molar-refractivity contribution is 5.35. The molecule has 0 radical (unpaired) electrons. The number of ether oxygens (including phenoxy) is 3. The number of nitrogens with one attached hydrogen (secondary N) is 1. The highest BCUT2D eigenvalue weighted by Crippen LogP contribution is 2.29. The number of rotatable bonds is 9. The van der Waals surface area contributed by atoms with Gasteiger partial charge in [-0.25, -0.2) is 0 Å². The van der Waals surface area contributed by atoms with Gasteiger partial charge in [-0.1, -0.05) is 18.2 Å². The van der Waals surface area contributed by atoms with Crippen molar-refractivity contribution in [3.8, 4) is 5.75 Å². The quantitative estimate of drug-likeness (QED) is 0.415. The number of methoxy groups -OCH3 is 1. The monoisotopic (exact) mass is 294 g/mol. The highest BCUT2D eigenvalue weighted by Gasteiger charge is 2.20. The van der Waals surface area contributed by atoms with Crippen LogP contribution in [0.3, 0.4) is 0 Å². The predicted molar refractivity (Wildman–Crippen MR) is 82.1 cm³/mol. The maximum absolute atomic E-state index is 5.78. The summed E-state index contributed by atoms with van der Waals surface area (Å²) >= 11 is 0. The number of nitrogens with two attached hydrogens (primary N) is 1. The summed E-state index contributed by atoms with van der Waals surface area (Å²) in [6.45, 7) is 2.00. The topological polar surface area (TPSA) is 65.7 Å². The summed E-state index contributed by atoms with van der Waals surface area (Å²) in [4.78, 5) is 0. The number of benzene rings is 1. The van der Waals surface area contributed by atoms with Gasteiger partial charge in [0.2, 0.25) is 0 Å². The molecular formula is C16H26N2O3. The lowest BCUT2D eigenvalue weighted by Gasteiger charge is -2.21. The van der Waals surface area contributed by atoms with E-state index in [1.54, 1.807) is 7.11 Å². The minimum atomic E-state index is 0.0768. The van der Waals surface area contributed by atoms with Crippen LogP contribution in [-0.2, 0) is 9.47 Å². The zero-order valence-corrected chi connectivity index (χ0v) is 12.7. The van der Waals surface area contributed by atoms with E-state index in [-0.39, 0.29) is 6.04 Å². The average Bonchev–Trinajstić information content (AvgIpc) is 3.03. The Morgan fingerprint density at radius 3 is 2.95 bits per heavy atom. The largest absolute Gasteiger partial charge is 0.491 e. The van der Waals surface area contributed by atoms with Crippen LogP contribution in [0, 0.1) is 0 Å². The number of para-hydroxylation sites is 1. The molecule has 0 aliphatic carbocycles. The minimum absolute atomic E-state index is 0.0768. The van der Waals surface area contributed by atoms with Crippen molar-refractivity contribution in [2.75, 3.05) is 26.9 Å². The second-order valence-electron chi connectivity index (χ2n) is 5.31. The van der Waals surface area contributed by atoms with Crippen molar-refractivity contribution in [2.24, 2.45) is 5.84 Å². The molecule has 1 aromatic rings. The molecule has 1 fully saturated rings. The fourth-order valence-corrected chi connectivity index (χ4v) is 2.69. The average molecular weight is 294 g/mol. The van der Waals surface area contributed by atoms with E-state index < -0.39 is 0 Å². The van der Waals surface area contributed by atoms with Crippen molar-refractivity contribution in [2.45, 2.75) is 37.8 Å². The smallest absolute Gasteiger partial charge is 0.124 e. The normalized spacial score (nSPS) is 19.6. The number of hydrogen-bond acceptors (Lipinski definition) is 5. The van der Waals surface area contributed by atoms with Gasteiger partial charge in [-0.15, -0.1) is 0 Å². The van der Waals surface area contributed by atoms with Gasteiger partial charge in [0.05, 0.1) is 12.7 Å². The van der Waals surface area contributed by atoms with Gasteiger partial charge in [0, 0.05) is 25.3 Å². The van der Waals surface area contributed by atoms with E-state index in [0.29, 0.717) is 19.3 Å². The van der Waals surface area contributed by atoms with E-state index in [4.69, 9.17) is 20.1 Å². The third kappa shape index (κ3) is 4.97. The lowest BCUT2D eigenvalue weighted by Crippen LogP contribution is -2.29. The summed E-state index contributed by atoms with van der Waals surface area (Å²) in [7, 11) is 1.67. The molecule has 2 unspecified atom stereocenters. The molecule has 118 valence electrons. The van der Waals surface area contributed by atoms with Gasteiger partial charge in [0.1, 0.15) is 12.4 Å². The molecule has 1 heterocycles. The summed E-state index contributed by atoms with van der Waals surface area (Å²) in [5, 5.41) is 0. The number of hydrogen-bond donors (Lipinski definition) is 2. The standard InChI is InChI=1S/C16H26N2O3/c1-19-11-12-21-16-7-3-2-6-14(16)15(18-17)9-8-13-5-4-10-20-13/h2-3,6-7,13,15,18H,4-5,8-12,17H2,1H3. The van der Waals surface area contributed by atoms with Gasteiger partial charge in [-0.05, 0) is 31.7 Å². The van der Waals surface area contributed by atoms with Crippen LogP contribution in [0.15, 0.2) is 24.3 Å². The first-order chi connectivity index (χ1) is 10.3. The zero-order chi connectivity index (χ0) is 14.9. The Morgan fingerprint density at radius 1 is 1.38 bits per heavy atom. The van der Waals surface area contributed by atoms with Crippen molar-refractivity contribution in [1.82, 2.24) is 5.43 Å². The van der Waals surface area contributed by atoms with Gasteiger partial charge in [0.25, 0.3) is 0 Å². The predicted octanol–water partition coefficient (Wildman–Crippen LogP) is 2.18. The van der Waals surface area contributed by atoms with Crippen LogP contribution in [0.1, 0.15) is 37.3 Å². The van der Waals surface area contributed by atoms with Gasteiger partial charge in [0.15, 0.2) is 0 Å². The maximum atomic E-state index is 5.78. The highest BCUT2D eigenvalue weighted by atomic mass is 16.5. The molecule has 5 heteroatoms. The lowest BCUT2D eigenvalue weighted by atomic mass is 9.99. The van der Waals surface area contributed by atoms with E-state index >= 15 is 0 Å². The van der Waals surface area contributed by atoms with Crippen LogP contribution in [-0.4, -0.2) is 33.0 Å². The van der Waals surface area contributed by atoms with Crippen molar-refractivity contribution in [3.05, 3.63) is 29.8 Å². The van der Waals surface area contributed by atoms with Gasteiger partial charge < -0.3 is 14.2 Å². The van der Waals surface area contributed by atoms with E-state index in [1.807, 2.05) is 18.2 Å². The Balaban J connectivity index is 1.95. The van der Waals surface area contributed by atoms with Gasteiger partial charge in [-0.2, -0.15) is 0 Å². The first-order valence-corrected chi connectivity index (χ1v) is 7.63. The zero-order valence-electron chi connectivity index (χ0n) is 12.7. The summed E-state index contributed by atoms with van der Waals surface area (Å²) in [5.41, 5.74) is 4.00. The Bertz CT molecular complexity index is 408. The second kappa shape index (κ2) is 9.00. The van der Waals surface area contributed by atoms with Gasteiger partial charge in [-0.3, -0.25) is 11.3 Å². The van der Waals surface area contributed by atoms with Crippen molar-refractivity contribution in [1.29, 1.82) is 0 Å². The van der Waals surface area contributed by atoms with Crippen LogP contribution in [0.2, 0.25) is 0 Å². The summed E-state index contributed by atoms with van der Waals surface area (Å²) in [5.74, 6) is 6.61. The molecule has 1 saturated heterocycles. The summed E-state index contributed by atoms with van der Waals surface area (Å²) < 4.78 is 16.5. The molecule has 1 aliphatic rings. The third-order valence-corrected chi connectivity index (χ3v) is 3.84. The van der Waals surface area contributed by atoms with Gasteiger partial charge >= 0.3 is 0 Å². The Hall–Kier alpha value is -1.14. The van der Waals surface area contributed by atoms with Crippen LogP contribution in [0.25, 0.3) is 0 Å². The molecule has 2 atom stereocenters. The van der Waals surface area contributed by atoms with Crippen molar-refractivity contribution >= 4 is 0 Å². The Labute approximate surface area is 126 Å². The molecule has 0 saturated carbocycles. The molecule has 21 heavy (non-hydrogen) atoms. The van der Waals surface area contributed by atoms with E-state index in [9.17, 15) is 0 Å². The van der Waals surface area contributed by atoms with Crippen molar-refractivity contribution < 1.29 is 14.2 Å². The lowest BCUT2D eigenvalue weighted by molar-refractivity contribution is 0.0993. The van der Waals surface area contributed by atoms with E-state index in [1.165, 1.54) is 6.42 Å². The van der Waals surface area contributed by atoms with E-state index in [0.717, 1.165) is 37.2 Å². The molecular weight excluding hydrogens is 268 g/mol. The molecule has 1 aliphatic heterocycles. The summed E-state index contributed by atoms with van der Waals surface area (Å²) in [6, 6.07) is 8.09. The van der Waals surface area contributed by atoms with Crippen LogP contribution >= 0.6 is 0 Å². The van der Waals surface area contributed by atoms with Crippen LogP contribution in [0.5, 0.6) is 5.75 Å². The molecule has 0 aromatic heterocycles. The first kappa shape index (κ1) is 16.2. The molecule has 0 amide bonds. The molecule has 5 nitrogen and oxygen atoms in total. The molecule has 2 rings (SSSR count). The summed E-state index contributed by atoms with van der Waals surface area (Å²) in [6.07, 6.45) is 4.65.